The highest BCUT2D eigenvalue weighted by atomic mass is 79.9. The molecule has 10 heteroatoms. The van der Waals surface area contributed by atoms with Crippen molar-refractivity contribution in [2.45, 2.75) is 0 Å². The number of ether oxygens (including phenoxy) is 5. The molecule has 64 heavy (non-hydrogen) atoms. The van der Waals surface area contributed by atoms with Crippen LogP contribution in [0.5, 0.6) is 28.7 Å². The van der Waals surface area contributed by atoms with Gasteiger partial charge in [-0.1, -0.05) is 52.3 Å². The Bertz CT molecular complexity index is 2430. The molecule has 0 atom stereocenters. The smallest absolute Gasteiger partial charge is 0.150 e. The second-order valence-corrected chi connectivity index (χ2v) is 14.5. The highest BCUT2D eigenvalue weighted by Gasteiger charge is 2.14. The van der Waals surface area contributed by atoms with Crippen LogP contribution in [0.4, 0.5) is 39.8 Å². The van der Waals surface area contributed by atoms with Crippen LogP contribution >= 0.6 is 15.9 Å². The Morgan fingerprint density at radius 3 is 0.859 bits per heavy atom. The second-order valence-electron chi connectivity index (χ2n) is 13.6. The molecule has 0 saturated heterocycles. The van der Waals surface area contributed by atoms with Gasteiger partial charge >= 0.3 is 0 Å². The van der Waals surface area contributed by atoms with Crippen LogP contribution in [0.15, 0.2) is 211 Å². The molecule has 0 saturated carbocycles. The van der Waals surface area contributed by atoms with Gasteiger partial charge in [-0.15, -0.1) is 0 Å². The first-order chi connectivity index (χ1) is 31.3. The lowest BCUT2D eigenvalue weighted by atomic mass is 10.1. The summed E-state index contributed by atoms with van der Waals surface area (Å²) in [5.41, 5.74) is 13.0. The first-order valence-electron chi connectivity index (χ1n) is 20.2. The minimum Gasteiger partial charge on any atom is -0.497 e. The van der Waals surface area contributed by atoms with E-state index in [4.69, 9.17) is 29.4 Å². The highest BCUT2D eigenvalue weighted by Crippen LogP contribution is 2.37. The number of carbonyl (C=O) groups excluding carboxylic acids is 1. The van der Waals surface area contributed by atoms with E-state index in [0.717, 1.165) is 79.3 Å². The minimum absolute atomic E-state index is 0.646. The summed E-state index contributed by atoms with van der Waals surface area (Å²) in [6, 6.07) is 66.7. The summed E-state index contributed by atoms with van der Waals surface area (Å²) in [4.78, 5) is 15.2. The number of para-hydroxylation sites is 2. The van der Waals surface area contributed by atoms with E-state index in [0.29, 0.717) is 5.56 Å². The van der Waals surface area contributed by atoms with Gasteiger partial charge in [0.2, 0.25) is 0 Å². The van der Waals surface area contributed by atoms with Crippen molar-refractivity contribution in [3.63, 3.8) is 0 Å². The number of hydrogen-bond acceptors (Lipinski definition) is 9. The van der Waals surface area contributed by atoms with E-state index in [-0.39, 0.29) is 0 Å². The van der Waals surface area contributed by atoms with Crippen LogP contribution in [-0.2, 0) is 0 Å². The van der Waals surface area contributed by atoms with Crippen molar-refractivity contribution < 1.29 is 28.5 Å². The molecular weight excluding hydrogens is 867 g/mol. The fraction of sp³-hybridized carbons (Fsp3) is 0.0926. The van der Waals surface area contributed by atoms with E-state index >= 15 is 0 Å². The third-order valence-electron chi connectivity index (χ3n) is 9.47. The number of nitrogens with zero attached hydrogens (tertiary/aromatic N) is 2. The zero-order chi connectivity index (χ0) is 45.5. The number of anilines is 7. The molecule has 0 radical (unpaired) electrons. The molecule has 0 aliphatic heterocycles. The van der Waals surface area contributed by atoms with Crippen molar-refractivity contribution in [3.8, 4) is 28.7 Å². The van der Waals surface area contributed by atoms with Gasteiger partial charge in [-0.3, -0.25) is 4.79 Å². The molecule has 8 aromatic carbocycles. The zero-order valence-corrected chi connectivity index (χ0v) is 38.1. The molecule has 0 heterocycles. The number of aldehydes is 1. The van der Waals surface area contributed by atoms with Crippen LogP contribution < -0.4 is 39.2 Å². The maximum absolute atomic E-state index is 10.9. The maximum Gasteiger partial charge on any atom is 0.150 e. The van der Waals surface area contributed by atoms with Gasteiger partial charge in [0.05, 0.1) is 35.5 Å². The van der Waals surface area contributed by atoms with Crippen LogP contribution in [0, 0.1) is 0 Å². The van der Waals surface area contributed by atoms with Crippen molar-refractivity contribution in [1.82, 2.24) is 0 Å². The Morgan fingerprint density at radius 1 is 0.359 bits per heavy atom. The van der Waals surface area contributed by atoms with Crippen molar-refractivity contribution in [1.29, 1.82) is 0 Å². The molecule has 0 aliphatic carbocycles. The van der Waals surface area contributed by atoms with Gasteiger partial charge in [0.25, 0.3) is 0 Å². The molecule has 326 valence electrons. The van der Waals surface area contributed by atoms with E-state index in [2.05, 4.69) is 62.1 Å². The van der Waals surface area contributed by atoms with Gasteiger partial charge in [0, 0.05) is 49.8 Å². The Balaban J connectivity index is 0.000000180. The fourth-order valence-electron chi connectivity index (χ4n) is 6.12. The Labute approximate surface area is 384 Å². The molecule has 9 nitrogen and oxygen atoms in total. The average Bonchev–Trinajstić information content (AvgIpc) is 3.36. The van der Waals surface area contributed by atoms with Gasteiger partial charge in [-0.2, -0.15) is 0 Å². The van der Waals surface area contributed by atoms with Gasteiger partial charge in [0.1, 0.15) is 35.0 Å². The summed E-state index contributed by atoms with van der Waals surface area (Å²) >= 11 is 3.32. The summed E-state index contributed by atoms with van der Waals surface area (Å²) in [5.74, 6) is 4.18. The van der Waals surface area contributed by atoms with E-state index in [1.165, 1.54) is 0 Å². The van der Waals surface area contributed by atoms with E-state index in [9.17, 15) is 4.79 Å². The SMILES string of the molecule is COc1ccc(Br)cc1.COc1ccc(N(c2ccc(C=O)cc2)c2ccc(OC)cc2)cc1.COc1ccc(N(c2ccccc2)c2ccc(OC)cc2)cc1.Nc1ccccc1. The Kier molecular flexibility index (Phi) is 18.7. The maximum atomic E-state index is 10.9. The molecule has 0 aromatic heterocycles. The molecule has 0 bridgehead atoms. The molecule has 0 amide bonds. The standard InChI is InChI=1S/C21H19NO3.C20H19NO2.C7H7BrO.C6H7N/c1-24-20-11-7-18(8-12-20)22(17-5-3-16(15-23)4-6-17)19-9-13-21(25-2)14-10-19;1-22-19-12-8-17(9-13-19)21(16-6-4-3-5-7-16)18-10-14-20(23-2)15-11-18;1-9-7-4-2-6(8)3-5-7;7-6-4-2-1-3-5-6/h3-15H,1-2H3;3-15H,1-2H3;2-5H,1H3;1-5H,7H2. The fourth-order valence-corrected chi connectivity index (χ4v) is 6.39. The van der Waals surface area contributed by atoms with E-state index in [1.807, 2.05) is 170 Å². The Morgan fingerprint density at radius 2 is 0.609 bits per heavy atom. The van der Waals surface area contributed by atoms with Crippen LogP contribution in [0.2, 0.25) is 0 Å². The summed E-state index contributed by atoms with van der Waals surface area (Å²) in [7, 11) is 8.30. The van der Waals surface area contributed by atoms with E-state index < -0.39 is 0 Å². The van der Waals surface area contributed by atoms with E-state index in [1.54, 1.807) is 35.5 Å². The van der Waals surface area contributed by atoms with Gasteiger partial charge in [-0.25, -0.2) is 0 Å². The highest BCUT2D eigenvalue weighted by molar-refractivity contribution is 9.10. The van der Waals surface area contributed by atoms with Gasteiger partial charge in [-0.05, 0) is 170 Å². The average molecular weight is 919 g/mol. The normalized spacial score (nSPS) is 9.84. The molecular formula is C54H52BrN3O6. The quantitative estimate of drug-likeness (QED) is 0.0949. The largest absolute Gasteiger partial charge is 0.497 e. The number of rotatable bonds is 12. The van der Waals surface area contributed by atoms with Crippen molar-refractivity contribution in [3.05, 3.63) is 216 Å². The molecule has 0 unspecified atom stereocenters. The van der Waals surface area contributed by atoms with Crippen LogP contribution in [0.1, 0.15) is 10.4 Å². The predicted molar refractivity (Wildman–Crippen MR) is 265 cm³/mol. The lowest BCUT2D eigenvalue weighted by Crippen LogP contribution is -2.09. The number of nitrogen functional groups attached to an aromatic ring is 1. The third kappa shape index (κ3) is 14.2. The number of methoxy groups -OCH3 is 5. The zero-order valence-electron chi connectivity index (χ0n) is 36.5. The van der Waals surface area contributed by atoms with Crippen molar-refractivity contribution >= 4 is 62.0 Å². The third-order valence-corrected chi connectivity index (χ3v) is 10.0. The molecule has 0 spiro atoms. The Hall–Kier alpha value is -7.69. The van der Waals surface area contributed by atoms with Gasteiger partial charge < -0.3 is 39.2 Å². The first kappa shape index (κ1) is 47.4. The molecule has 0 aliphatic rings. The topological polar surface area (TPSA) is 95.7 Å². The summed E-state index contributed by atoms with van der Waals surface area (Å²) in [6.07, 6.45) is 0.842. The minimum atomic E-state index is 0.646. The van der Waals surface area contributed by atoms with Crippen molar-refractivity contribution in [2.75, 3.05) is 51.1 Å². The summed E-state index contributed by atoms with van der Waals surface area (Å²) < 4.78 is 27.0. The molecule has 8 rings (SSSR count). The first-order valence-corrected chi connectivity index (χ1v) is 20.9. The number of halogens is 1. The predicted octanol–water partition coefficient (Wildman–Crippen LogP) is 13.9. The number of carbonyl (C=O) groups is 1. The van der Waals surface area contributed by atoms with Gasteiger partial charge in [0.15, 0.2) is 0 Å². The lowest BCUT2D eigenvalue weighted by molar-refractivity contribution is 0.112. The number of nitrogens with two attached hydrogens (primary N) is 1. The second kappa shape index (κ2) is 25.3. The molecule has 8 aromatic rings. The summed E-state index contributed by atoms with van der Waals surface area (Å²) in [5, 5.41) is 0. The monoisotopic (exact) mass is 917 g/mol. The van der Waals surface area contributed by atoms with Crippen LogP contribution in [0.3, 0.4) is 0 Å². The van der Waals surface area contributed by atoms with Crippen molar-refractivity contribution in [2.24, 2.45) is 0 Å². The molecule has 2 N–H and O–H groups in total. The summed E-state index contributed by atoms with van der Waals surface area (Å²) in [6.45, 7) is 0. The molecule has 0 fully saturated rings. The lowest BCUT2D eigenvalue weighted by Gasteiger charge is -2.25. The van der Waals surface area contributed by atoms with Crippen LogP contribution in [-0.4, -0.2) is 41.8 Å². The van der Waals surface area contributed by atoms with Crippen LogP contribution in [0.25, 0.3) is 0 Å². The number of hydrogen-bond donors (Lipinski definition) is 1. The number of benzene rings is 8.